The monoisotopic (exact) mass is 390 g/mol. The van der Waals surface area contributed by atoms with Crippen LogP contribution in [0.4, 0.5) is 0 Å². The summed E-state index contributed by atoms with van der Waals surface area (Å²) in [6, 6.07) is 11.2. The van der Waals surface area contributed by atoms with Gasteiger partial charge in [0.2, 0.25) is 0 Å². The average molecular weight is 391 g/mol. The van der Waals surface area contributed by atoms with Crippen molar-refractivity contribution in [2.24, 2.45) is 0 Å². The highest BCUT2D eigenvalue weighted by Gasteiger charge is 2.41. The molecule has 2 fully saturated rings. The van der Waals surface area contributed by atoms with Crippen LogP contribution in [0.1, 0.15) is 38.8 Å². The number of rotatable bonds is 6. The van der Waals surface area contributed by atoms with Gasteiger partial charge in [0, 0.05) is 52.4 Å². The molecule has 0 bridgehead atoms. The molecule has 27 heavy (non-hydrogen) atoms. The van der Waals surface area contributed by atoms with Gasteiger partial charge >= 0.3 is 0 Å². The van der Waals surface area contributed by atoms with E-state index in [4.69, 9.17) is 11.6 Å². The molecule has 2 unspecified atom stereocenters. The zero-order chi connectivity index (χ0) is 19.3. The fraction of sp³-hybridized carbons (Fsp3) is 0.636. The Balaban J connectivity index is 2.05. The lowest BCUT2D eigenvalue weighted by Crippen LogP contribution is -2.55. The van der Waals surface area contributed by atoms with E-state index in [2.05, 4.69) is 71.5 Å². The molecular weight excluding hydrogens is 356 g/mol. The molecule has 2 aliphatic rings. The third-order valence-corrected chi connectivity index (χ3v) is 6.54. The second-order valence-corrected chi connectivity index (χ2v) is 8.57. The first-order valence-corrected chi connectivity index (χ1v) is 10.8. The largest absolute Gasteiger partial charge is 0.314 e. The molecule has 2 N–H and O–H groups in total. The van der Waals surface area contributed by atoms with E-state index in [-0.39, 0.29) is 6.04 Å². The van der Waals surface area contributed by atoms with Crippen LogP contribution in [0.25, 0.3) is 0 Å². The molecule has 2 aliphatic heterocycles. The molecule has 2 heterocycles. The SMILES string of the molecule is CCC(C)=C(C(c1ccccc1)N1CCNCC1)C(C)(Cl)N1CCNCC1. The maximum absolute atomic E-state index is 7.42. The maximum atomic E-state index is 7.42. The molecular formula is C22H35ClN4. The quantitative estimate of drug-likeness (QED) is 0.443. The highest BCUT2D eigenvalue weighted by Crippen LogP contribution is 2.43. The minimum Gasteiger partial charge on any atom is -0.314 e. The van der Waals surface area contributed by atoms with Gasteiger partial charge in [0.25, 0.3) is 0 Å². The van der Waals surface area contributed by atoms with Crippen LogP contribution < -0.4 is 10.6 Å². The van der Waals surface area contributed by atoms with Crippen molar-refractivity contribution in [1.29, 1.82) is 0 Å². The molecule has 1 aromatic carbocycles. The number of nitrogens with zero attached hydrogens (tertiary/aromatic N) is 2. The van der Waals surface area contributed by atoms with E-state index in [0.717, 1.165) is 58.8 Å². The van der Waals surface area contributed by atoms with Gasteiger partial charge in [-0.3, -0.25) is 9.80 Å². The van der Waals surface area contributed by atoms with Crippen molar-refractivity contribution in [1.82, 2.24) is 20.4 Å². The minimum atomic E-state index is -0.479. The fourth-order valence-corrected chi connectivity index (χ4v) is 4.89. The van der Waals surface area contributed by atoms with Crippen LogP contribution in [-0.2, 0) is 0 Å². The summed E-state index contributed by atoms with van der Waals surface area (Å²) in [5.41, 5.74) is 4.14. The molecule has 0 amide bonds. The predicted molar refractivity (Wildman–Crippen MR) is 115 cm³/mol. The summed E-state index contributed by atoms with van der Waals surface area (Å²) in [6.07, 6.45) is 1.03. The van der Waals surface area contributed by atoms with Gasteiger partial charge in [-0.1, -0.05) is 54.4 Å². The molecule has 0 aromatic heterocycles. The van der Waals surface area contributed by atoms with Crippen molar-refractivity contribution in [2.45, 2.75) is 38.2 Å². The van der Waals surface area contributed by atoms with Crippen molar-refractivity contribution in [3.05, 3.63) is 47.0 Å². The minimum absolute atomic E-state index is 0.227. The maximum Gasteiger partial charge on any atom is 0.117 e. The van der Waals surface area contributed by atoms with Gasteiger partial charge in [0.1, 0.15) is 5.00 Å². The van der Waals surface area contributed by atoms with Crippen LogP contribution in [0.5, 0.6) is 0 Å². The first-order valence-electron chi connectivity index (χ1n) is 10.4. The van der Waals surface area contributed by atoms with Gasteiger partial charge < -0.3 is 10.6 Å². The summed E-state index contributed by atoms with van der Waals surface area (Å²) in [4.78, 5) is 4.59. The van der Waals surface area contributed by atoms with Crippen LogP contribution >= 0.6 is 11.6 Å². The number of hydrogen-bond donors (Lipinski definition) is 2. The lowest BCUT2D eigenvalue weighted by atomic mass is 9.86. The Morgan fingerprint density at radius 3 is 2.15 bits per heavy atom. The zero-order valence-electron chi connectivity index (χ0n) is 17.1. The molecule has 150 valence electrons. The van der Waals surface area contributed by atoms with Gasteiger partial charge in [-0.25, -0.2) is 0 Å². The Hall–Kier alpha value is -0.910. The third kappa shape index (κ3) is 4.75. The Bertz CT molecular complexity index is 616. The van der Waals surface area contributed by atoms with E-state index in [1.807, 2.05) is 0 Å². The highest BCUT2D eigenvalue weighted by atomic mass is 35.5. The smallest absolute Gasteiger partial charge is 0.117 e. The van der Waals surface area contributed by atoms with E-state index < -0.39 is 5.00 Å². The Kier molecular flexibility index (Phi) is 7.35. The van der Waals surface area contributed by atoms with Gasteiger partial charge in [-0.2, -0.15) is 0 Å². The summed E-state index contributed by atoms with van der Waals surface area (Å²) in [5.74, 6) is 0. The zero-order valence-corrected chi connectivity index (χ0v) is 17.9. The van der Waals surface area contributed by atoms with E-state index in [0.29, 0.717) is 0 Å². The van der Waals surface area contributed by atoms with Crippen molar-refractivity contribution < 1.29 is 0 Å². The van der Waals surface area contributed by atoms with Crippen molar-refractivity contribution >= 4 is 11.6 Å². The predicted octanol–water partition coefficient (Wildman–Crippen LogP) is 3.22. The van der Waals surface area contributed by atoms with Crippen LogP contribution in [-0.4, -0.2) is 67.2 Å². The van der Waals surface area contributed by atoms with E-state index in [9.17, 15) is 0 Å². The summed E-state index contributed by atoms with van der Waals surface area (Å²) < 4.78 is 0. The Morgan fingerprint density at radius 1 is 1.04 bits per heavy atom. The molecule has 5 heteroatoms. The van der Waals surface area contributed by atoms with Crippen molar-refractivity contribution in [2.75, 3.05) is 52.4 Å². The van der Waals surface area contributed by atoms with Gasteiger partial charge in [-0.05, 0) is 31.4 Å². The first-order chi connectivity index (χ1) is 13.1. The lowest BCUT2D eigenvalue weighted by Gasteiger charge is -2.47. The van der Waals surface area contributed by atoms with Crippen LogP contribution in [0, 0.1) is 0 Å². The van der Waals surface area contributed by atoms with Crippen LogP contribution in [0.15, 0.2) is 41.5 Å². The summed E-state index contributed by atoms with van der Waals surface area (Å²) in [6.45, 7) is 14.9. The number of halogens is 1. The van der Waals surface area contributed by atoms with Gasteiger partial charge in [0.15, 0.2) is 0 Å². The Labute approximate surface area is 169 Å². The molecule has 0 saturated carbocycles. The molecule has 0 aliphatic carbocycles. The normalized spacial score (nSPS) is 24.1. The van der Waals surface area contributed by atoms with Gasteiger partial charge in [-0.15, -0.1) is 0 Å². The number of allylic oxidation sites excluding steroid dienone is 1. The molecule has 2 saturated heterocycles. The summed E-state index contributed by atoms with van der Waals surface area (Å²) in [7, 11) is 0. The molecule has 2 atom stereocenters. The average Bonchev–Trinajstić information content (AvgIpc) is 2.73. The fourth-order valence-electron chi connectivity index (χ4n) is 4.45. The highest BCUT2D eigenvalue weighted by molar-refractivity contribution is 6.25. The Morgan fingerprint density at radius 2 is 1.59 bits per heavy atom. The lowest BCUT2D eigenvalue weighted by molar-refractivity contribution is 0.137. The number of hydrogen-bond acceptors (Lipinski definition) is 4. The standard InChI is InChI=1S/C22H35ClN4/c1-4-18(2)20(22(3,23)27-16-12-25-13-17-27)21(19-8-6-5-7-9-19)26-14-10-24-11-15-26/h5-9,21,24-25H,4,10-17H2,1-3H3. The van der Waals surface area contributed by atoms with E-state index in [1.54, 1.807) is 0 Å². The summed E-state index contributed by atoms with van der Waals surface area (Å²) in [5, 5.41) is 6.95. The van der Waals surface area contributed by atoms with Gasteiger partial charge in [0.05, 0.1) is 6.04 Å². The van der Waals surface area contributed by atoms with Crippen LogP contribution in [0.2, 0.25) is 0 Å². The molecule has 0 radical (unpaired) electrons. The van der Waals surface area contributed by atoms with E-state index in [1.165, 1.54) is 16.7 Å². The second-order valence-electron chi connectivity index (χ2n) is 7.84. The molecule has 1 aromatic rings. The number of alkyl halides is 1. The van der Waals surface area contributed by atoms with Crippen molar-refractivity contribution in [3.63, 3.8) is 0 Å². The third-order valence-electron chi connectivity index (χ3n) is 6.10. The molecule has 0 spiro atoms. The number of benzene rings is 1. The molecule has 3 rings (SSSR count). The van der Waals surface area contributed by atoms with Crippen molar-refractivity contribution in [3.8, 4) is 0 Å². The second kappa shape index (κ2) is 9.53. The number of piperazine rings is 2. The molecule has 4 nitrogen and oxygen atoms in total. The first kappa shape index (κ1) is 20.8. The summed E-state index contributed by atoms with van der Waals surface area (Å²) >= 11 is 7.42. The topological polar surface area (TPSA) is 30.5 Å². The number of nitrogens with one attached hydrogen (secondary N) is 2. The van der Waals surface area contributed by atoms with Crippen LogP contribution in [0.3, 0.4) is 0 Å². The van der Waals surface area contributed by atoms with E-state index >= 15 is 0 Å².